The molecule has 1 aliphatic carbocycles. The summed E-state index contributed by atoms with van der Waals surface area (Å²) in [6.45, 7) is 2.01. The van der Waals surface area contributed by atoms with Gasteiger partial charge in [0, 0.05) is 18.4 Å². The summed E-state index contributed by atoms with van der Waals surface area (Å²) in [5.74, 6) is -0.124. The minimum absolute atomic E-state index is 0.177. The van der Waals surface area contributed by atoms with Crippen molar-refractivity contribution in [2.24, 2.45) is 0 Å². The number of aromatic nitrogens is 2. The Morgan fingerprint density at radius 1 is 1.04 bits per heavy atom. The molecule has 1 aliphatic rings. The Hall–Kier alpha value is -2.79. The van der Waals surface area contributed by atoms with Gasteiger partial charge in [0.1, 0.15) is 17.2 Å². The molecule has 3 aromatic rings. The monoisotopic (exact) mass is 364 g/mol. The van der Waals surface area contributed by atoms with Gasteiger partial charge >= 0.3 is 0 Å². The fourth-order valence-electron chi connectivity index (χ4n) is 3.52. The molecule has 4 rings (SSSR count). The number of ketones is 1. The molecule has 2 aromatic carbocycles. The Morgan fingerprint density at radius 3 is 2.30 bits per heavy atom. The van der Waals surface area contributed by atoms with Gasteiger partial charge in [0.25, 0.3) is 0 Å². The molecule has 1 aromatic heterocycles. The van der Waals surface area contributed by atoms with E-state index in [9.17, 15) is 14.3 Å². The molecule has 0 spiro atoms. The van der Waals surface area contributed by atoms with Crippen molar-refractivity contribution in [3.05, 3.63) is 71.7 Å². The molecule has 1 heterocycles. The lowest BCUT2D eigenvalue weighted by Gasteiger charge is -2.29. The third kappa shape index (κ3) is 3.43. The number of benzene rings is 2. The van der Waals surface area contributed by atoms with Gasteiger partial charge in [0.2, 0.25) is 0 Å². The van der Waals surface area contributed by atoms with E-state index < -0.39 is 5.60 Å². The Bertz CT molecular complexity index is 902. The molecule has 0 aliphatic heterocycles. The Balaban J connectivity index is 1.83. The van der Waals surface area contributed by atoms with Gasteiger partial charge in [-0.3, -0.25) is 4.79 Å². The highest BCUT2D eigenvalue weighted by molar-refractivity contribution is 5.79. The maximum Gasteiger partial charge on any atom is 0.133 e. The quantitative estimate of drug-likeness (QED) is 0.753. The molecule has 1 saturated carbocycles. The van der Waals surface area contributed by atoms with Crippen molar-refractivity contribution in [2.75, 3.05) is 0 Å². The first-order valence-corrected chi connectivity index (χ1v) is 9.12. The summed E-state index contributed by atoms with van der Waals surface area (Å²) in [5, 5.41) is 15.8. The standard InChI is InChI=1S/C22H21FN2O2/c1-15-2-8-18(9-3-15)25-20(16-4-6-17(23)7-5-16)14-21(24-25)22(27)12-10-19(26)11-13-22/h2-9,14,27H,10-13H2,1H3. The summed E-state index contributed by atoms with van der Waals surface area (Å²) >= 11 is 0. The molecule has 0 radical (unpaired) electrons. The van der Waals surface area contributed by atoms with Crippen molar-refractivity contribution in [1.82, 2.24) is 9.78 Å². The highest BCUT2D eigenvalue weighted by Gasteiger charge is 2.37. The average molecular weight is 364 g/mol. The van der Waals surface area contributed by atoms with Crippen molar-refractivity contribution in [3.8, 4) is 16.9 Å². The molecular weight excluding hydrogens is 343 g/mol. The van der Waals surface area contributed by atoms with Gasteiger partial charge in [-0.05, 0) is 62.2 Å². The fraction of sp³-hybridized carbons (Fsp3) is 0.273. The van der Waals surface area contributed by atoms with Crippen LogP contribution in [-0.4, -0.2) is 20.7 Å². The molecule has 5 heteroatoms. The summed E-state index contributed by atoms with van der Waals surface area (Å²) in [7, 11) is 0. The topological polar surface area (TPSA) is 55.1 Å². The minimum Gasteiger partial charge on any atom is -0.383 e. The molecule has 4 nitrogen and oxygen atoms in total. The van der Waals surface area contributed by atoms with E-state index in [-0.39, 0.29) is 11.6 Å². The number of aryl methyl sites for hydroxylation is 1. The van der Waals surface area contributed by atoms with Crippen LogP contribution in [0.5, 0.6) is 0 Å². The zero-order valence-electron chi connectivity index (χ0n) is 15.2. The lowest BCUT2D eigenvalue weighted by Crippen LogP contribution is -2.32. The highest BCUT2D eigenvalue weighted by atomic mass is 19.1. The third-order valence-corrected chi connectivity index (χ3v) is 5.24. The molecule has 138 valence electrons. The van der Waals surface area contributed by atoms with E-state index in [1.165, 1.54) is 12.1 Å². The number of hydrogen-bond acceptors (Lipinski definition) is 3. The zero-order valence-corrected chi connectivity index (χ0v) is 15.2. The number of Topliss-reactive ketones (excluding diaryl/α,β-unsaturated/α-hetero) is 1. The van der Waals surface area contributed by atoms with Crippen molar-refractivity contribution >= 4 is 5.78 Å². The predicted octanol–water partition coefficient (Wildman–Crippen LogP) is 4.32. The third-order valence-electron chi connectivity index (χ3n) is 5.24. The first kappa shape index (κ1) is 17.6. The second-order valence-corrected chi connectivity index (χ2v) is 7.24. The van der Waals surface area contributed by atoms with Crippen LogP contribution in [0.25, 0.3) is 16.9 Å². The van der Waals surface area contributed by atoms with Gasteiger partial charge in [-0.1, -0.05) is 17.7 Å². The number of carbonyl (C=O) groups excluding carboxylic acids is 1. The summed E-state index contributed by atoms with van der Waals surface area (Å²) < 4.78 is 15.1. The molecule has 0 amide bonds. The second-order valence-electron chi connectivity index (χ2n) is 7.24. The SMILES string of the molecule is Cc1ccc(-n2nc(C3(O)CCC(=O)CC3)cc2-c2ccc(F)cc2)cc1. The van der Waals surface area contributed by atoms with Crippen molar-refractivity contribution < 1.29 is 14.3 Å². The number of nitrogens with zero attached hydrogens (tertiary/aromatic N) is 2. The van der Waals surface area contributed by atoms with E-state index in [1.54, 1.807) is 16.8 Å². The first-order chi connectivity index (χ1) is 12.9. The van der Waals surface area contributed by atoms with Crippen LogP contribution in [0.15, 0.2) is 54.6 Å². The van der Waals surface area contributed by atoms with Crippen LogP contribution in [0.2, 0.25) is 0 Å². The highest BCUT2D eigenvalue weighted by Crippen LogP contribution is 2.37. The van der Waals surface area contributed by atoms with Crippen LogP contribution in [0.4, 0.5) is 4.39 Å². The second kappa shape index (κ2) is 6.74. The minimum atomic E-state index is -1.11. The van der Waals surface area contributed by atoms with Crippen molar-refractivity contribution in [1.29, 1.82) is 0 Å². The molecular formula is C22H21FN2O2. The van der Waals surface area contributed by atoms with Crippen molar-refractivity contribution in [2.45, 2.75) is 38.2 Å². The van der Waals surface area contributed by atoms with E-state index in [0.29, 0.717) is 31.4 Å². The molecule has 0 atom stereocenters. The Kier molecular flexibility index (Phi) is 4.40. The Labute approximate surface area is 157 Å². The Morgan fingerprint density at radius 2 is 1.67 bits per heavy atom. The first-order valence-electron chi connectivity index (χ1n) is 9.12. The number of hydrogen-bond donors (Lipinski definition) is 1. The van der Waals surface area contributed by atoms with Gasteiger partial charge in [-0.25, -0.2) is 9.07 Å². The van der Waals surface area contributed by atoms with Crippen molar-refractivity contribution in [3.63, 3.8) is 0 Å². The van der Waals surface area contributed by atoms with Gasteiger partial charge in [0.05, 0.1) is 17.1 Å². The van der Waals surface area contributed by atoms with Crippen LogP contribution in [0, 0.1) is 12.7 Å². The zero-order chi connectivity index (χ0) is 19.0. The fourth-order valence-corrected chi connectivity index (χ4v) is 3.52. The predicted molar refractivity (Wildman–Crippen MR) is 101 cm³/mol. The maximum absolute atomic E-state index is 13.4. The van der Waals surface area contributed by atoms with E-state index in [2.05, 4.69) is 0 Å². The largest absolute Gasteiger partial charge is 0.383 e. The smallest absolute Gasteiger partial charge is 0.133 e. The summed E-state index contributed by atoms with van der Waals surface area (Å²) in [6, 6.07) is 16.0. The summed E-state index contributed by atoms with van der Waals surface area (Å²) in [4.78, 5) is 11.6. The van der Waals surface area contributed by atoms with Crippen LogP contribution in [0.3, 0.4) is 0 Å². The summed E-state index contributed by atoms with van der Waals surface area (Å²) in [6.07, 6.45) is 1.47. The number of rotatable bonds is 3. The number of carbonyl (C=O) groups is 1. The normalized spacial score (nSPS) is 16.5. The van der Waals surface area contributed by atoms with Crippen LogP contribution in [-0.2, 0) is 10.4 Å². The molecule has 0 bridgehead atoms. The van der Waals surface area contributed by atoms with Crippen LogP contribution < -0.4 is 0 Å². The van der Waals surface area contributed by atoms with Crippen LogP contribution >= 0.6 is 0 Å². The van der Waals surface area contributed by atoms with E-state index in [1.807, 2.05) is 37.3 Å². The van der Waals surface area contributed by atoms with E-state index >= 15 is 0 Å². The van der Waals surface area contributed by atoms with Gasteiger partial charge < -0.3 is 5.11 Å². The molecule has 1 N–H and O–H groups in total. The molecule has 0 saturated heterocycles. The number of halogens is 1. The van der Waals surface area contributed by atoms with Crippen LogP contribution in [0.1, 0.15) is 36.9 Å². The lowest BCUT2D eigenvalue weighted by atomic mass is 9.82. The van der Waals surface area contributed by atoms with E-state index in [4.69, 9.17) is 5.10 Å². The van der Waals surface area contributed by atoms with Gasteiger partial charge in [-0.2, -0.15) is 5.10 Å². The molecule has 1 fully saturated rings. The van der Waals surface area contributed by atoms with E-state index in [0.717, 1.165) is 22.5 Å². The molecule has 27 heavy (non-hydrogen) atoms. The summed E-state index contributed by atoms with van der Waals surface area (Å²) in [5.41, 5.74) is 3.03. The maximum atomic E-state index is 13.4. The molecule has 0 unspecified atom stereocenters. The lowest BCUT2D eigenvalue weighted by molar-refractivity contribution is -0.125. The average Bonchev–Trinajstić information content (AvgIpc) is 3.12. The van der Waals surface area contributed by atoms with Gasteiger partial charge in [0.15, 0.2) is 0 Å². The van der Waals surface area contributed by atoms with Gasteiger partial charge in [-0.15, -0.1) is 0 Å². The number of aliphatic hydroxyl groups is 1.